The second-order valence-corrected chi connectivity index (χ2v) is 6.18. The van der Waals surface area contributed by atoms with Crippen LogP contribution in [0.25, 0.3) is 22.0 Å². The number of nitrogens with one attached hydrogen (secondary N) is 1. The molecule has 9 nitrogen and oxygen atoms in total. The van der Waals surface area contributed by atoms with Crippen molar-refractivity contribution in [3.63, 3.8) is 0 Å². The molecular formula is C18H16N6O3. The highest BCUT2D eigenvalue weighted by molar-refractivity contribution is 5.92. The van der Waals surface area contributed by atoms with Crippen molar-refractivity contribution in [1.29, 1.82) is 5.26 Å². The summed E-state index contributed by atoms with van der Waals surface area (Å²) in [6, 6.07) is 5.13. The van der Waals surface area contributed by atoms with E-state index in [-0.39, 0.29) is 22.4 Å². The van der Waals surface area contributed by atoms with Crippen molar-refractivity contribution in [2.45, 2.75) is 6.92 Å². The first-order valence-electron chi connectivity index (χ1n) is 8.44. The average Bonchev–Trinajstić information content (AvgIpc) is 2.68. The van der Waals surface area contributed by atoms with Crippen molar-refractivity contribution in [3.8, 4) is 17.2 Å². The summed E-state index contributed by atoms with van der Waals surface area (Å²) in [5.74, 6) is 0.416. The predicted molar refractivity (Wildman–Crippen MR) is 98.1 cm³/mol. The first-order valence-corrected chi connectivity index (χ1v) is 8.44. The van der Waals surface area contributed by atoms with Gasteiger partial charge in [-0.05, 0) is 19.1 Å². The minimum absolute atomic E-state index is 0.245. The van der Waals surface area contributed by atoms with Crippen LogP contribution in [0.2, 0.25) is 0 Å². The van der Waals surface area contributed by atoms with Gasteiger partial charge in [-0.25, -0.2) is 14.6 Å². The van der Waals surface area contributed by atoms with Crippen LogP contribution in [0.3, 0.4) is 0 Å². The number of morpholine rings is 1. The number of fused-ring (bicyclic) bond motifs is 1. The quantitative estimate of drug-likeness (QED) is 0.695. The van der Waals surface area contributed by atoms with Crippen LogP contribution in [0.1, 0.15) is 11.5 Å². The summed E-state index contributed by atoms with van der Waals surface area (Å²) in [4.78, 5) is 36.9. The fourth-order valence-electron chi connectivity index (χ4n) is 3.15. The Morgan fingerprint density at radius 2 is 2.04 bits per heavy atom. The van der Waals surface area contributed by atoms with Gasteiger partial charge >= 0.3 is 0 Å². The van der Waals surface area contributed by atoms with E-state index in [4.69, 9.17) is 10.00 Å². The fourth-order valence-corrected chi connectivity index (χ4v) is 3.15. The van der Waals surface area contributed by atoms with Gasteiger partial charge in [0.2, 0.25) is 0 Å². The Hall–Kier alpha value is -3.51. The molecule has 0 bridgehead atoms. The summed E-state index contributed by atoms with van der Waals surface area (Å²) in [6.07, 6.45) is 2.98. The molecule has 4 heterocycles. The third-order valence-corrected chi connectivity index (χ3v) is 4.44. The van der Waals surface area contributed by atoms with Gasteiger partial charge in [0.05, 0.1) is 42.8 Å². The van der Waals surface area contributed by atoms with Crippen LogP contribution in [0.4, 0.5) is 0 Å². The summed E-state index contributed by atoms with van der Waals surface area (Å²) in [5, 5.41) is 11.1. The molecule has 27 heavy (non-hydrogen) atoms. The molecule has 1 fully saturated rings. The molecule has 1 saturated heterocycles. The molecule has 4 rings (SSSR count). The van der Waals surface area contributed by atoms with Crippen LogP contribution in [-0.2, 0) is 4.74 Å². The van der Waals surface area contributed by atoms with E-state index in [0.717, 1.165) is 0 Å². The number of hydrogen-bond donors (Lipinski definition) is 1. The van der Waals surface area contributed by atoms with E-state index in [1.165, 1.54) is 23.1 Å². The van der Waals surface area contributed by atoms with E-state index in [1.54, 1.807) is 13.0 Å². The van der Waals surface area contributed by atoms with Gasteiger partial charge in [0.15, 0.2) is 0 Å². The van der Waals surface area contributed by atoms with E-state index in [2.05, 4.69) is 15.0 Å². The summed E-state index contributed by atoms with van der Waals surface area (Å²) in [6.45, 7) is 3.73. The molecule has 1 aliphatic heterocycles. The van der Waals surface area contributed by atoms with Crippen LogP contribution in [0.5, 0.6) is 0 Å². The SMILES string of the molecule is Cc1nc2c(-c3ccc(C#N)nc3)c(=O)n(N3CCOCC3)cc2c(=O)[nH]1. The number of nitriles is 1. The molecule has 3 aromatic rings. The number of pyridine rings is 2. The number of hydrogen-bond acceptors (Lipinski definition) is 7. The van der Waals surface area contributed by atoms with Crippen molar-refractivity contribution >= 4 is 10.9 Å². The average molecular weight is 364 g/mol. The number of rotatable bonds is 2. The van der Waals surface area contributed by atoms with Gasteiger partial charge in [0, 0.05) is 18.0 Å². The fraction of sp³-hybridized carbons (Fsp3) is 0.278. The largest absolute Gasteiger partial charge is 0.378 e. The number of nitrogens with zero attached hydrogens (tertiary/aromatic N) is 5. The molecule has 0 atom stereocenters. The number of H-pyrrole nitrogens is 1. The third-order valence-electron chi connectivity index (χ3n) is 4.44. The Bertz CT molecular complexity index is 1170. The Labute approximate surface area is 153 Å². The molecule has 1 aliphatic rings. The number of ether oxygens (including phenoxy) is 1. The maximum Gasteiger partial charge on any atom is 0.279 e. The normalized spacial score (nSPS) is 14.3. The zero-order valence-electron chi connectivity index (χ0n) is 14.6. The molecule has 1 N–H and O–H groups in total. The second-order valence-electron chi connectivity index (χ2n) is 6.18. The highest BCUT2D eigenvalue weighted by Crippen LogP contribution is 2.22. The van der Waals surface area contributed by atoms with Gasteiger partial charge in [-0.1, -0.05) is 0 Å². The monoisotopic (exact) mass is 364 g/mol. The second kappa shape index (κ2) is 6.66. The van der Waals surface area contributed by atoms with Crippen molar-refractivity contribution in [1.82, 2.24) is 19.6 Å². The molecular weight excluding hydrogens is 348 g/mol. The minimum Gasteiger partial charge on any atom is -0.378 e. The molecule has 0 aromatic carbocycles. The Morgan fingerprint density at radius 3 is 2.70 bits per heavy atom. The van der Waals surface area contributed by atoms with E-state index in [9.17, 15) is 9.59 Å². The van der Waals surface area contributed by atoms with E-state index >= 15 is 0 Å². The van der Waals surface area contributed by atoms with E-state index in [1.807, 2.05) is 11.1 Å². The Morgan fingerprint density at radius 1 is 1.26 bits per heavy atom. The first kappa shape index (κ1) is 16.9. The number of aryl methyl sites for hydroxylation is 1. The molecule has 0 spiro atoms. The van der Waals surface area contributed by atoms with Gasteiger partial charge in [-0.2, -0.15) is 5.26 Å². The maximum absolute atomic E-state index is 13.3. The Kier molecular flexibility index (Phi) is 4.18. The zero-order chi connectivity index (χ0) is 19.0. The standard InChI is InChI=1S/C18H16N6O3/c1-11-21-16-14(17(25)22-11)10-24(23-4-6-27-7-5-23)18(26)15(16)12-2-3-13(8-19)20-9-12/h2-3,9-10H,4-7H2,1H3,(H,21,22,25). The lowest BCUT2D eigenvalue weighted by molar-refractivity contribution is 0.111. The zero-order valence-corrected chi connectivity index (χ0v) is 14.6. The number of aromatic nitrogens is 4. The summed E-state index contributed by atoms with van der Waals surface area (Å²) in [5.41, 5.74) is 0.733. The van der Waals surface area contributed by atoms with Crippen molar-refractivity contribution in [3.05, 3.63) is 56.8 Å². The van der Waals surface area contributed by atoms with Gasteiger partial charge in [0.25, 0.3) is 11.1 Å². The van der Waals surface area contributed by atoms with Crippen molar-refractivity contribution < 1.29 is 4.74 Å². The maximum atomic E-state index is 13.3. The van der Waals surface area contributed by atoms with E-state index < -0.39 is 0 Å². The van der Waals surface area contributed by atoms with Crippen LogP contribution >= 0.6 is 0 Å². The highest BCUT2D eigenvalue weighted by Gasteiger charge is 2.20. The molecule has 136 valence electrons. The predicted octanol–water partition coefficient (Wildman–Crippen LogP) is 0.295. The Balaban J connectivity index is 2.04. The molecule has 3 aromatic heterocycles. The molecule has 0 radical (unpaired) electrons. The van der Waals surface area contributed by atoms with E-state index in [0.29, 0.717) is 48.6 Å². The van der Waals surface area contributed by atoms with Gasteiger partial charge in [-0.15, -0.1) is 0 Å². The minimum atomic E-state index is -0.317. The summed E-state index contributed by atoms with van der Waals surface area (Å²) in [7, 11) is 0. The highest BCUT2D eigenvalue weighted by atomic mass is 16.5. The van der Waals surface area contributed by atoms with Crippen LogP contribution in [-0.4, -0.2) is 45.9 Å². The lowest BCUT2D eigenvalue weighted by Gasteiger charge is -2.30. The lowest BCUT2D eigenvalue weighted by atomic mass is 10.1. The topological polar surface area (TPSA) is 117 Å². The molecule has 0 aliphatic carbocycles. The smallest absolute Gasteiger partial charge is 0.279 e. The number of aromatic amines is 1. The first-order chi connectivity index (χ1) is 13.1. The van der Waals surface area contributed by atoms with Crippen LogP contribution in [0, 0.1) is 18.3 Å². The van der Waals surface area contributed by atoms with Crippen LogP contribution in [0.15, 0.2) is 34.1 Å². The summed E-state index contributed by atoms with van der Waals surface area (Å²) >= 11 is 0. The molecule has 0 saturated carbocycles. The van der Waals surface area contributed by atoms with Gasteiger partial charge < -0.3 is 14.7 Å². The third kappa shape index (κ3) is 2.96. The molecule has 9 heteroatoms. The van der Waals surface area contributed by atoms with Gasteiger partial charge in [-0.3, -0.25) is 9.59 Å². The van der Waals surface area contributed by atoms with Gasteiger partial charge in [0.1, 0.15) is 17.6 Å². The summed E-state index contributed by atoms with van der Waals surface area (Å²) < 4.78 is 6.80. The van der Waals surface area contributed by atoms with Crippen molar-refractivity contribution in [2.24, 2.45) is 0 Å². The molecule has 0 amide bonds. The van der Waals surface area contributed by atoms with Crippen molar-refractivity contribution in [2.75, 3.05) is 31.3 Å². The molecule has 0 unspecified atom stereocenters. The van der Waals surface area contributed by atoms with Crippen LogP contribution < -0.4 is 16.1 Å². The lowest BCUT2D eigenvalue weighted by Crippen LogP contribution is -2.49.